The van der Waals surface area contributed by atoms with Gasteiger partial charge in [-0.05, 0) is 42.5 Å². The second-order valence-electron chi connectivity index (χ2n) is 5.80. The minimum absolute atomic E-state index is 0.0483. The minimum atomic E-state index is 0.0483. The summed E-state index contributed by atoms with van der Waals surface area (Å²) < 4.78 is 5.41. The lowest BCUT2D eigenvalue weighted by atomic mass is 10.0. The molecule has 1 aliphatic rings. The summed E-state index contributed by atoms with van der Waals surface area (Å²) in [4.78, 5) is 2.25. The number of benzene rings is 1. The van der Waals surface area contributed by atoms with Gasteiger partial charge in [0.25, 0.3) is 0 Å². The van der Waals surface area contributed by atoms with Crippen molar-refractivity contribution in [1.29, 1.82) is 0 Å². The maximum Gasteiger partial charge on any atom is 0.122 e. The van der Waals surface area contributed by atoms with E-state index in [2.05, 4.69) is 44.0 Å². The highest BCUT2D eigenvalue weighted by Crippen LogP contribution is 2.35. The molecule has 0 amide bonds. The summed E-state index contributed by atoms with van der Waals surface area (Å²) >= 11 is 0. The van der Waals surface area contributed by atoms with Crippen molar-refractivity contribution in [2.45, 2.75) is 38.1 Å². The first-order chi connectivity index (χ1) is 8.45. The number of nitrogens with zero attached hydrogens (tertiary/aromatic N) is 1. The summed E-state index contributed by atoms with van der Waals surface area (Å²) in [5.74, 6) is 1.43. The Morgan fingerprint density at radius 3 is 2.56 bits per heavy atom. The molecule has 2 rings (SSSR count). The van der Waals surface area contributed by atoms with E-state index in [1.165, 1.54) is 11.3 Å². The van der Waals surface area contributed by atoms with Crippen molar-refractivity contribution in [3.63, 3.8) is 0 Å². The topological polar surface area (TPSA) is 38.5 Å². The lowest BCUT2D eigenvalue weighted by Crippen LogP contribution is -2.37. The van der Waals surface area contributed by atoms with Crippen LogP contribution in [0.1, 0.15) is 38.2 Å². The average Bonchev–Trinajstić information content (AvgIpc) is 3.05. The summed E-state index contributed by atoms with van der Waals surface area (Å²) in [6.07, 6.45) is 2.29. The molecule has 0 heterocycles. The molecular formula is C15H24N2O. The molecule has 0 atom stereocenters. The van der Waals surface area contributed by atoms with E-state index in [4.69, 9.17) is 10.5 Å². The van der Waals surface area contributed by atoms with Crippen molar-refractivity contribution in [3.05, 3.63) is 23.8 Å². The molecule has 0 aromatic heterocycles. The van der Waals surface area contributed by atoms with Crippen molar-refractivity contribution in [1.82, 2.24) is 0 Å². The fraction of sp³-hybridized carbons (Fsp3) is 0.600. The zero-order valence-electron chi connectivity index (χ0n) is 11.9. The highest BCUT2D eigenvalue weighted by Gasteiger charge is 2.39. The van der Waals surface area contributed by atoms with Gasteiger partial charge >= 0.3 is 0 Å². The molecule has 2 N–H and O–H groups in total. The Balaban J connectivity index is 2.20. The van der Waals surface area contributed by atoms with Gasteiger partial charge < -0.3 is 15.4 Å². The molecule has 3 nitrogen and oxygen atoms in total. The maximum absolute atomic E-state index is 6.17. The third kappa shape index (κ3) is 2.78. The fourth-order valence-corrected chi connectivity index (χ4v) is 2.29. The van der Waals surface area contributed by atoms with Crippen LogP contribution in [0, 0.1) is 0 Å². The first kappa shape index (κ1) is 13.2. The van der Waals surface area contributed by atoms with Crippen molar-refractivity contribution in [3.8, 4) is 5.75 Å². The summed E-state index contributed by atoms with van der Waals surface area (Å²) in [5.41, 5.74) is 8.69. The van der Waals surface area contributed by atoms with Gasteiger partial charge in [0, 0.05) is 24.8 Å². The van der Waals surface area contributed by atoms with Crippen LogP contribution in [0.15, 0.2) is 18.2 Å². The quantitative estimate of drug-likeness (QED) is 0.870. The summed E-state index contributed by atoms with van der Waals surface area (Å²) in [6, 6.07) is 6.38. The predicted octanol–water partition coefficient (Wildman–Crippen LogP) is 2.75. The Morgan fingerprint density at radius 2 is 2.06 bits per heavy atom. The Hall–Kier alpha value is -1.22. The molecule has 0 bridgehead atoms. The summed E-state index contributed by atoms with van der Waals surface area (Å²) in [5, 5.41) is 0. The molecule has 0 radical (unpaired) electrons. The van der Waals surface area contributed by atoms with Crippen LogP contribution >= 0.6 is 0 Å². The van der Waals surface area contributed by atoms with E-state index in [1.807, 2.05) is 0 Å². The van der Waals surface area contributed by atoms with Gasteiger partial charge in [0.2, 0.25) is 0 Å². The van der Waals surface area contributed by atoms with E-state index in [0.29, 0.717) is 5.92 Å². The van der Waals surface area contributed by atoms with E-state index < -0.39 is 0 Å². The number of nitrogens with two attached hydrogens (primary N) is 1. The number of rotatable bonds is 5. The Bertz CT molecular complexity index is 425. The third-order valence-corrected chi connectivity index (χ3v) is 3.72. The number of methoxy groups -OCH3 is 1. The van der Waals surface area contributed by atoms with Crippen LogP contribution < -0.4 is 15.4 Å². The molecule has 0 aliphatic heterocycles. The van der Waals surface area contributed by atoms with Crippen LogP contribution in [0.2, 0.25) is 0 Å². The predicted molar refractivity (Wildman–Crippen MR) is 76.5 cm³/mol. The molecule has 1 aliphatic carbocycles. The zero-order chi connectivity index (χ0) is 13.3. The van der Waals surface area contributed by atoms with E-state index >= 15 is 0 Å². The molecule has 1 fully saturated rings. The van der Waals surface area contributed by atoms with Crippen LogP contribution in [0.25, 0.3) is 0 Å². The molecule has 1 saturated carbocycles. The Kier molecular flexibility index (Phi) is 3.53. The molecule has 0 spiro atoms. The van der Waals surface area contributed by atoms with Gasteiger partial charge in [-0.15, -0.1) is 0 Å². The van der Waals surface area contributed by atoms with Gasteiger partial charge in [-0.2, -0.15) is 0 Å². The van der Waals surface area contributed by atoms with Gasteiger partial charge in [0.15, 0.2) is 0 Å². The normalized spacial score (nSPS) is 16.8. The van der Waals surface area contributed by atoms with Crippen LogP contribution in [-0.4, -0.2) is 26.2 Å². The number of hydrogen-bond acceptors (Lipinski definition) is 3. The van der Waals surface area contributed by atoms with E-state index in [9.17, 15) is 0 Å². The monoisotopic (exact) mass is 248 g/mol. The van der Waals surface area contributed by atoms with Crippen LogP contribution in [0.5, 0.6) is 5.75 Å². The molecule has 1 aromatic carbocycles. The molecule has 3 heteroatoms. The SMILES string of the molecule is COc1ccc(N(C)CC2(N)CC2)cc1C(C)C. The largest absolute Gasteiger partial charge is 0.496 e. The smallest absolute Gasteiger partial charge is 0.122 e. The Labute approximate surface area is 110 Å². The van der Waals surface area contributed by atoms with Gasteiger partial charge in [-0.1, -0.05) is 13.8 Å². The Morgan fingerprint density at radius 1 is 1.39 bits per heavy atom. The van der Waals surface area contributed by atoms with Crippen LogP contribution in [0.3, 0.4) is 0 Å². The van der Waals surface area contributed by atoms with E-state index in [-0.39, 0.29) is 5.54 Å². The second-order valence-corrected chi connectivity index (χ2v) is 5.80. The van der Waals surface area contributed by atoms with Crippen molar-refractivity contribution < 1.29 is 4.74 Å². The number of hydrogen-bond donors (Lipinski definition) is 1. The fourth-order valence-electron chi connectivity index (χ4n) is 2.29. The lowest BCUT2D eigenvalue weighted by molar-refractivity contribution is 0.407. The first-order valence-electron chi connectivity index (χ1n) is 6.63. The average molecular weight is 248 g/mol. The van der Waals surface area contributed by atoms with Gasteiger partial charge in [0.1, 0.15) is 5.75 Å². The number of anilines is 1. The first-order valence-corrected chi connectivity index (χ1v) is 6.63. The number of ether oxygens (including phenoxy) is 1. The van der Waals surface area contributed by atoms with Crippen molar-refractivity contribution in [2.24, 2.45) is 5.73 Å². The zero-order valence-corrected chi connectivity index (χ0v) is 11.9. The summed E-state index contributed by atoms with van der Waals surface area (Å²) in [6.45, 7) is 5.30. The van der Waals surface area contributed by atoms with Crippen LogP contribution in [0.4, 0.5) is 5.69 Å². The summed E-state index contributed by atoms with van der Waals surface area (Å²) in [7, 11) is 3.84. The van der Waals surface area contributed by atoms with Crippen molar-refractivity contribution in [2.75, 3.05) is 25.6 Å². The molecule has 18 heavy (non-hydrogen) atoms. The van der Waals surface area contributed by atoms with Crippen LogP contribution in [-0.2, 0) is 0 Å². The van der Waals surface area contributed by atoms with Gasteiger partial charge in [0.05, 0.1) is 7.11 Å². The highest BCUT2D eigenvalue weighted by molar-refractivity contribution is 5.54. The van der Waals surface area contributed by atoms with Gasteiger partial charge in [-0.3, -0.25) is 0 Å². The molecule has 0 unspecified atom stereocenters. The second kappa shape index (κ2) is 4.81. The van der Waals surface area contributed by atoms with E-state index in [0.717, 1.165) is 25.1 Å². The molecule has 100 valence electrons. The minimum Gasteiger partial charge on any atom is -0.496 e. The molecule has 1 aromatic rings. The molecule has 0 saturated heterocycles. The standard InChI is InChI=1S/C15H24N2O/c1-11(2)13-9-12(5-6-14(13)18-4)17(3)10-15(16)7-8-15/h5-6,9,11H,7-8,10,16H2,1-4H3. The lowest BCUT2D eigenvalue weighted by Gasteiger charge is -2.24. The third-order valence-electron chi connectivity index (χ3n) is 3.72. The number of likely N-dealkylation sites (N-methyl/N-ethyl adjacent to an activating group) is 1. The van der Waals surface area contributed by atoms with E-state index in [1.54, 1.807) is 7.11 Å². The molecular weight excluding hydrogens is 224 g/mol. The van der Waals surface area contributed by atoms with Gasteiger partial charge in [-0.25, -0.2) is 0 Å². The maximum atomic E-state index is 6.17. The highest BCUT2D eigenvalue weighted by atomic mass is 16.5. The van der Waals surface area contributed by atoms with Crippen molar-refractivity contribution >= 4 is 5.69 Å².